The van der Waals surface area contributed by atoms with Crippen LogP contribution < -0.4 is 4.90 Å². The van der Waals surface area contributed by atoms with Crippen molar-refractivity contribution in [1.29, 1.82) is 0 Å². The van der Waals surface area contributed by atoms with Gasteiger partial charge < -0.3 is 9.32 Å². The van der Waals surface area contributed by atoms with E-state index < -0.39 is 10.0 Å². The Morgan fingerprint density at radius 3 is 2.64 bits per heavy atom. The SMILES string of the molecule is Cc1ccc(S(=O)(=O)n2c3c(c4ccccc42)CCN(c2nc4ccc(Cl)cc4o2)C3)cc1. The maximum atomic E-state index is 13.8. The zero-order valence-electron chi connectivity index (χ0n) is 17.8. The lowest BCUT2D eigenvalue weighted by Crippen LogP contribution is -2.32. The molecule has 6 nitrogen and oxygen atoms in total. The van der Waals surface area contributed by atoms with Gasteiger partial charge in [-0.2, -0.15) is 4.98 Å². The molecule has 0 bridgehead atoms. The van der Waals surface area contributed by atoms with Gasteiger partial charge in [-0.05, 0) is 49.2 Å². The zero-order chi connectivity index (χ0) is 22.7. The molecule has 0 atom stereocenters. The Morgan fingerprint density at radius 1 is 1.03 bits per heavy atom. The van der Waals surface area contributed by atoms with Crippen molar-refractivity contribution in [1.82, 2.24) is 8.96 Å². The summed E-state index contributed by atoms with van der Waals surface area (Å²) in [5.74, 6) is 0. The number of aromatic nitrogens is 2. The molecule has 8 heteroatoms. The number of halogens is 1. The molecule has 2 aromatic heterocycles. The number of benzene rings is 3. The standard InChI is InChI=1S/C25H20ClN3O3S/c1-16-6-9-18(10-7-16)33(30,31)29-22-5-3-2-4-19(22)20-12-13-28(15-23(20)29)25-27-21-11-8-17(26)14-24(21)32-25/h2-11,14H,12-13,15H2,1H3. The van der Waals surface area contributed by atoms with Gasteiger partial charge >= 0.3 is 0 Å². The lowest BCUT2D eigenvalue weighted by Gasteiger charge is -2.27. The van der Waals surface area contributed by atoms with Crippen molar-refractivity contribution in [3.8, 4) is 0 Å². The summed E-state index contributed by atoms with van der Waals surface area (Å²) in [5, 5.41) is 1.54. The molecule has 166 valence electrons. The van der Waals surface area contributed by atoms with E-state index in [0.717, 1.165) is 22.2 Å². The summed E-state index contributed by atoms with van der Waals surface area (Å²) in [7, 11) is -3.79. The molecule has 0 unspecified atom stereocenters. The number of rotatable bonds is 3. The second kappa shape index (κ2) is 7.37. The van der Waals surface area contributed by atoms with Crippen LogP contribution in [0, 0.1) is 6.92 Å². The van der Waals surface area contributed by atoms with Crippen molar-refractivity contribution in [3.63, 3.8) is 0 Å². The van der Waals surface area contributed by atoms with E-state index in [4.69, 9.17) is 16.0 Å². The Hall–Kier alpha value is -3.29. The maximum Gasteiger partial charge on any atom is 0.298 e. The third kappa shape index (κ3) is 3.22. The van der Waals surface area contributed by atoms with Gasteiger partial charge in [-0.3, -0.25) is 0 Å². The highest BCUT2D eigenvalue weighted by molar-refractivity contribution is 7.90. The van der Waals surface area contributed by atoms with Gasteiger partial charge in [-0.1, -0.05) is 47.5 Å². The maximum absolute atomic E-state index is 13.8. The largest absolute Gasteiger partial charge is 0.423 e. The van der Waals surface area contributed by atoms with E-state index in [1.54, 1.807) is 24.3 Å². The van der Waals surface area contributed by atoms with Crippen molar-refractivity contribution in [2.75, 3.05) is 11.4 Å². The highest BCUT2D eigenvalue weighted by atomic mass is 35.5. The minimum absolute atomic E-state index is 0.269. The van der Waals surface area contributed by atoms with Crippen molar-refractivity contribution < 1.29 is 12.8 Å². The molecule has 0 N–H and O–H groups in total. The van der Waals surface area contributed by atoms with Crippen LogP contribution in [0.1, 0.15) is 16.8 Å². The van der Waals surface area contributed by atoms with Crippen LogP contribution in [-0.2, 0) is 23.0 Å². The first-order valence-corrected chi connectivity index (χ1v) is 12.5. The summed E-state index contributed by atoms with van der Waals surface area (Å²) < 4.78 is 35.1. The predicted octanol–water partition coefficient (Wildman–Crippen LogP) is 5.54. The van der Waals surface area contributed by atoms with Gasteiger partial charge in [-0.25, -0.2) is 12.4 Å². The van der Waals surface area contributed by atoms with Crippen LogP contribution in [0.5, 0.6) is 0 Å². The van der Waals surface area contributed by atoms with Crippen molar-refractivity contribution in [2.45, 2.75) is 24.8 Å². The average Bonchev–Trinajstić information content (AvgIpc) is 3.38. The van der Waals surface area contributed by atoms with E-state index in [-0.39, 0.29) is 4.90 Å². The highest BCUT2D eigenvalue weighted by Gasteiger charge is 2.31. The van der Waals surface area contributed by atoms with E-state index in [1.807, 2.05) is 54.3 Å². The van der Waals surface area contributed by atoms with E-state index >= 15 is 0 Å². The number of hydrogen-bond donors (Lipinski definition) is 0. The Labute approximate surface area is 196 Å². The summed E-state index contributed by atoms with van der Waals surface area (Å²) >= 11 is 6.09. The summed E-state index contributed by atoms with van der Waals surface area (Å²) in [5.41, 5.74) is 4.81. The molecule has 0 amide bonds. The molecular weight excluding hydrogens is 458 g/mol. The molecule has 0 fully saturated rings. The molecule has 5 aromatic rings. The lowest BCUT2D eigenvalue weighted by atomic mass is 10.0. The molecule has 33 heavy (non-hydrogen) atoms. The second-order valence-electron chi connectivity index (χ2n) is 8.30. The summed E-state index contributed by atoms with van der Waals surface area (Å²) in [6.07, 6.45) is 0.686. The minimum atomic E-state index is -3.79. The van der Waals surface area contributed by atoms with E-state index in [1.165, 1.54) is 3.97 Å². The lowest BCUT2D eigenvalue weighted by molar-refractivity contribution is 0.547. The van der Waals surface area contributed by atoms with E-state index in [9.17, 15) is 8.42 Å². The molecule has 3 heterocycles. The number of anilines is 1. The van der Waals surface area contributed by atoms with Crippen molar-refractivity contribution >= 4 is 49.6 Å². The number of oxazole rings is 1. The van der Waals surface area contributed by atoms with Gasteiger partial charge in [0.1, 0.15) is 5.52 Å². The number of hydrogen-bond acceptors (Lipinski definition) is 5. The fourth-order valence-corrected chi connectivity index (χ4v) is 6.28. The number of aryl methyl sites for hydroxylation is 1. The summed E-state index contributed by atoms with van der Waals surface area (Å²) in [6.45, 7) is 2.98. The first-order valence-electron chi connectivity index (χ1n) is 10.7. The Morgan fingerprint density at radius 2 is 1.82 bits per heavy atom. The van der Waals surface area contributed by atoms with E-state index in [2.05, 4.69) is 4.98 Å². The van der Waals surface area contributed by atoms with Gasteiger partial charge in [0.25, 0.3) is 16.0 Å². The minimum Gasteiger partial charge on any atom is -0.423 e. The van der Waals surface area contributed by atoms with Crippen LogP contribution in [0.2, 0.25) is 5.02 Å². The van der Waals surface area contributed by atoms with Gasteiger partial charge in [0.05, 0.1) is 22.7 Å². The Kier molecular flexibility index (Phi) is 4.54. The van der Waals surface area contributed by atoms with E-state index in [0.29, 0.717) is 47.2 Å². The fraction of sp³-hybridized carbons (Fsp3) is 0.160. The van der Waals surface area contributed by atoms with Crippen LogP contribution in [0.25, 0.3) is 22.0 Å². The third-order valence-corrected chi connectivity index (χ3v) is 8.18. The molecule has 0 saturated carbocycles. The molecule has 1 aliphatic rings. The van der Waals surface area contributed by atoms with Gasteiger partial charge in [0.2, 0.25) is 0 Å². The fourth-order valence-electron chi connectivity index (χ4n) is 4.55. The van der Waals surface area contributed by atoms with Crippen LogP contribution in [-0.4, -0.2) is 23.9 Å². The number of fused-ring (bicyclic) bond motifs is 4. The third-order valence-electron chi connectivity index (χ3n) is 6.18. The highest BCUT2D eigenvalue weighted by Crippen LogP contribution is 2.36. The second-order valence-corrected chi connectivity index (χ2v) is 10.5. The Balaban J connectivity index is 1.51. The van der Waals surface area contributed by atoms with Gasteiger partial charge in [-0.15, -0.1) is 0 Å². The molecule has 1 aliphatic heterocycles. The predicted molar refractivity (Wildman–Crippen MR) is 129 cm³/mol. The molecule has 0 radical (unpaired) electrons. The topological polar surface area (TPSA) is 68.3 Å². The average molecular weight is 478 g/mol. The van der Waals surface area contributed by atoms with Gasteiger partial charge in [0.15, 0.2) is 5.58 Å². The first kappa shape index (κ1) is 20.3. The van der Waals surface area contributed by atoms with Gasteiger partial charge in [0, 0.05) is 23.0 Å². The molecule has 6 rings (SSSR count). The molecule has 3 aromatic carbocycles. The first-order chi connectivity index (χ1) is 15.9. The van der Waals surface area contributed by atoms with Crippen LogP contribution in [0.3, 0.4) is 0 Å². The zero-order valence-corrected chi connectivity index (χ0v) is 19.4. The molecule has 0 spiro atoms. The summed E-state index contributed by atoms with van der Waals surface area (Å²) in [4.78, 5) is 6.86. The summed E-state index contributed by atoms with van der Waals surface area (Å²) in [6, 6.07) is 20.4. The number of nitrogens with zero attached hydrogens (tertiary/aromatic N) is 3. The number of para-hydroxylation sites is 1. The van der Waals surface area contributed by atoms with Crippen LogP contribution in [0.4, 0.5) is 6.01 Å². The monoisotopic (exact) mass is 477 g/mol. The molecule has 0 aliphatic carbocycles. The van der Waals surface area contributed by atoms with Crippen LogP contribution in [0.15, 0.2) is 76.0 Å². The normalized spacial score (nSPS) is 14.2. The quantitative estimate of drug-likeness (QED) is 0.341. The van der Waals surface area contributed by atoms with Crippen molar-refractivity contribution in [3.05, 3.63) is 88.6 Å². The van der Waals surface area contributed by atoms with Crippen molar-refractivity contribution in [2.24, 2.45) is 0 Å². The smallest absolute Gasteiger partial charge is 0.298 e. The molecular formula is C25H20ClN3O3S. The Bertz CT molecular complexity index is 1640. The van der Waals surface area contributed by atoms with Crippen LogP contribution >= 0.6 is 11.6 Å². The molecule has 0 saturated heterocycles.